The molecule has 2 aliphatic rings. The highest BCUT2D eigenvalue weighted by atomic mass is 15.4. The minimum atomic E-state index is -0.265. The zero-order valence-corrected chi connectivity index (χ0v) is 25.8. The zero-order chi connectivity index (χ0) is 29.7. The second-order valence-corrected chi connectivity index (χ2v) is 13.7. The van der Waals surface area contributed by atoms with E-state index < -0.39 is 0 Å². The molecule has 0 fully saturated rings. The van der Waals surface area contributed by atoms with Crippen LogP contribution in [-0.4, -0.2) is 15.1 Å². The first kappa shape index (κ1) is 26.0. The Morgan fingerprint density at radius 3 is 1.91 bits per heavy atom. The Morgan fingerprint density at radius 2 is 1.19 bits per heavy atom. The summed E-state index contributed by atoms with van der Waals surface area (Å²) in [5.74, 6) is 1.00. The highest BCUT2D eigenvalue weighted by molar-refractivity contribution is 6.01. The number of anilines is 2. The molecule has 3 nitrogen and oxygen atoms in total. The number of imidazole rings is 1. The molecule has 0 unspecified atom stereocenters. The molecule has 0 amide bonds. The van der Waals surface area contributed by atoms with Crippen molar-refractivity contribution in [3.8, 4) is 33.4 Å². The number of benzene rings is 5. The summed E-state index contributed by atoms with van der Waals surface area (Å²) >= 11 is 0. The maximum atomic E-state index is 5.60. The first-order valence-corrected chi connectivity index (χ1v) is 15.3. The molecule has 43 heavy (non-hydrogen) atoms. The Kier molecular flexibility index (Phi) is 5.27. The molecule has 0 spiro atoms. The Labute approximate surface area is 254 Å². The minimum Gasteiger partial charge on any atom is -0.303 e. The van der Waals surface area contributed by atoms with Crippen LogP contribution in [0.2, 0.25) is 0 Å². The van der Waals surface area contributed by atoms with Crippen LogP contribution in [0.3, 0.4) is 0 Å². The summed E-state index contributed by atoms with van der Waals surface area (Å²) in [5, 5.41) is 0. The van der Waals surface area contributed by atoms with E-state index in [1.54, 1.807) is 0 Å². The van der Waals surface area contributed by atoms with Crippen LogP contribution in [0.4, 0.5) is 11.6 Å². The summed E-state index contributed by atoms with van der Waals surface area (Å²) in [4.78, 5) is 8.12. The van der Waals surface area contributed by atoms with Gasteiger partial charge >= 0.3 is 0 Å². The van der Waals surface area contributed by atoms with Gasteiger partial charge in [-0.05, 0) is 73.2 Å². The topological polar surface area (TPSA) is 21.1 Å². The van der Waals surface area contributed by atoms with Crippen molar-refractivity contribution in [3.05, 3.63) is 126 Å². The van der Waals surface area contributed by atoms with E-state index in [-0.39, 0.29) is 16.5 Å². The Morgan fingerprint density at radius 1 is 0.535 bits per heavy atom. The monoisotopic (exact) mass is 559 g/mol. The zero-order valence-electron chi connectivity index (χ0n) is 25.8. The quantitative estimate of drug-likeness (QED) is 0.215. The van der Waals surface area contributed by atoms with E-state index in [9.17, 15) is 0 Å². The Bertz CT molecular complexity index is 2050. The van der Waals surface area contributed by atoms with Crippen LogP contribution < -0.4 is 4.90 Å². The van der Waals surface area contributed by atoms with E-state index in [1.165, 1.54) is 55.7 Å². The Hall–Kier alpha value is -4.63. The van der Waals surface area contributed by atoms with Crippen LogP contribution in [0.1, 0.15) is 52.7 Å². The van der Waals surface area contributed by atoms with Gasteiger partial charge in [-0.2, -0.15) is 0 Å². The number of nitrogens with zero attached hydrogens (tertiary/aromatic N) is 3. The SMILES string of the molecule is CC1(C)c2ccccc2-c2c1ccc1c2nc2n1C(C)(C)C(C)(C)N2c1cc(-c2ccccc2)ccc1-c1ccccc1. The van der Waals surface area contributed by atoms with Crippen molar-refractivity contribution >= 4 is 22.7 Å². The molecule has 8 rings (SSSR count). The van der Waals surface area contributed by atoms with Gasteiger partial charge in [0.1, 0.15) is 0 Å². The first-order valence-electron chi connectivity index (χ1n) is 15.3. The molecule has 0 N–H and O–H groups in total. The fourth-order valence-corrected chi connectivity index (χ4v) is 7.61. The summed E-state index contributed by atoms with van der Waals surface area (Å²) in [5.41, 5.74) is 13.1. The molecule has 6 aromatic rings. The van der Waals surface area contributed by atoms with Gasteiger partial charge in [0.2, 0.25) is 5.95 Å². The van der Waals surface area contributed by atoms with E-state index in [0.717, 1.165) is 11.5 Å². The van der Waals surface area contributed by atoms with E-state index in [0.29, 0.717) is 0 Å². The lowest BCUT2D eigenvalue weighted by molar-refractivity contribution is 0.253. The highest BCUT2D eigenvalue weighted by Gasteiger charge is 2.54. The second kappa shape index (κ2) is 8.70. The predicted molar refractivity (Wildman–Crippen MR) is 180 cm³/mol. The number of hydrogen-bond acceptors (Lipinski definition) is 2. The van der Waals surface area contributed by atoms with Gasteiger partial charge < -0.3 is 9.47 Å². The fourth-order valence-electron chi connectivity index (χ4n) is 7.61. The molecule has 3 heteroatoms. The number of aromatic nitrogens is 2. The van der Waals surface area contributed by atoms with Crippen molar-refractivity contribution in [2.45, 2.75) is 58.0 Å². The van der Waals surface area contributed by atoms with Crippen LogP contribution in [0.5, 0.6) is 0 Å². The Balaban J connectivity index is 1.43. The third-order valence-electron chi connectivity index (χ3n) is 10.6. The summed E-state index contributed by atoms with van der Waals surface area (Å²) in [6.07, 6.45) is 0. The van der Waals surface area contributed by atoms with Gasteiger partial charge in [-0.25, -0.2) is 4.98 Å². The molecular formula is C40H37N3. The molecule has 2 heterocycles. The lowest BCUT2D eigenvalue weighted by Crippen LogP contribution is -2.50. The normalized spacial score (nSPS) is 17.1. The van der Waals surface area contributed by atoms with Crippen molar-refractivity contribution in [3.63, 3.8) is 0 Å². The maximum Gasteiger partial charge on any atom is 0.212 e. The van der Waals surface area contributed by atoms with Crippen LogP contribution >= 0.6 is 0 Å². The van der Waals surface area contributed by atoms with Crippen LogP contribution in [0, 0.1) is 0 Å². The van der Waals surface area contributed by atoms with Crippen molar-refractivity contribution in [2.75, 3.05) is 4.90 Å². The molecule has 1 aromatic heterocycles. The molecular weight excluding hydrogens is 522 g/mol. The average molecular weight is 560 g/mol. The lowest BCUT2D eigenvalue weighted by Gasteiger charge is -2.42. The molecule has 0 saturated heterocycles. The largest absolute Gasteiger partial charge is 0.303 e. The van der Waals surface area contributed by atoms with E-state index >= 15 is 0 Å². The van der Waals surface area contributed by atoms with Crippen molar-refractivity contribution in [1.82, 2.24) is 9.55 Å². The highest BCUT2D eigenvalue weighted by Crippen LogP contribution is 2.57. The summed E-state index contributed by atoms with van der Waals surface area (Å²) in [6.45, 7) is 14.1. The molecule has 1 aliphatic heterocycles. The van der Waals surface area contributed by atoms with Crippen molar-refractivity contribution in [1.29, 1.82) is 0 Å². The lowest BCUT2D eigenvalue weighted by atomic mass is 9.81. The summed E-state index contributed by atoms with van der Waals surface area (Å²) in [6, 6.07) is 41.9. The van der Waals surface area contributed by atoms with Crippen molar-refractivity contribution < 1.29 is 0 Å². The number of fused-ring (bicyclic) bond motifs is 7. The number of hydrogen-bond donors (Lipinski definition) is 0. The molecule has 0 bridgehead atoms. The van der Waals surface area contributed by atoms with Gasteiger partial charge in [-0.1, -0.05) is 117 Å². The van der Waals surface area contributed by atoms with Crippen LogP contribution in [0.25, 0.3) is 44.4 Å². The van der Waals surface area contributed by atoms with Gasteiger partial charge in [0.05, 0.1) is 27.8 Å². The molecule has 0 atom stereocenters. The number of rotatable bonds is 3. The minimum absolute atomic E-state index is 0.0624. The van der Waals surface area contributed by atoms with Gasteiger partial charge in [0.25, 0.3) is 0 Å². The fraction of sp³-hybridized carbons (Fsp3) is 0.225. The van der Waals surface area contributed by atoms with Crippen molar-refractivity contribution in [2.24, 2.45) is 0 Å². The van der Waals surface area contributed by atoms with Gasteiger partial charge in [0, 0.05) is 16.5 Å². The summed E-state index contributed by atoms with van der Waals surface area (Å²) in [7, 11) is 0. The molecule has 1 aliphatic carbocycles. The predicted octanol–water partition coefficient (Wildman–Crippen LogP) is 10.3. The standard InChI is InChI=1S/C40H37N3/c1-38(2)31-20-14-13-19-30(31)35-32(38)23-24-33-36(35)41-37-42(33)39(3,4)40(5,6)43(37)34-25-28(26-15-9-7-10-16-26)21-22-29(34)27-17-11-8-12-18-27/h7-25H,1-6H3. The maximum absolute atomic E-state index is 5.60. The van der Waals surface area contributed by atoms with Gasteiger partial charge in [-0.15, -0.1) is 0 Å². The van der Waals surface area contributed by atoms with Crippen LogP contribution in [-0.2, 0) is 11.0 Å². The molecule has 0 radical (unpaired) electrons. The van der Waals surface area contributed by atoms with E-state index in [1.807, 2.05) is 0 Å². The molecule has 0 saturated carbocycles. The average Bonchev–Trinajstić information content (AvgIpc) is 3.56. The third kappa shape index (κ3) is 3.39. The first-order chi connectivity index (χ1) is 20.6. The van der Waals surface area contributed by atoms with E-state index in [4.69, 9.17) is 4.98 Å². The van der Waals surface area contributed by atoms with Crippen LogP contribution in [0.15, 0.2) is 115 Å². The third-order valence-corrected chi connectivity index (χ3v) is 10.6. The smallest absolute Gasteiger partial charge is 0.212 e. The molecule has 212 valence electrons. The second-order valence-electron chi connectivity index (χ2n) is 13.7. The van der Waals surface area contributed by atoms with E-state index in [2.05, 4.69) is 166 Å². The molecule has 5 aromatic carbocycles. The summed E-state index contributed by atoms with van der Waals surface area (Å²) < 4.78 is 2.50. The van der Waals surface area contributed by atoms with Gasteiger partial charge in [-0.3, -0.25) is 0 Å². The van der Waals surface area contributed by atoms with Gasteiger partial charge in [0.15, 0.2) is 0 Å².